The first-order valence-corrected chi connectivity index (χ1v) is 11.1. The van der Waals surface area contributed by atoms with Crippen LogP contribution in [0, 0.1) is 5.82 Å². The van der Waals surface area contributed by atoms with Gasteiger partial charge in [0.25, 0.3) is 0 Å². The molecule has 31 heavy (non-hydrogen) atoms. The maximum Gasteiger partial charge on any atom is 0.248 e. The molecule has 1 unspecified atom stereocenters. The maximum atomic E-state index is 13.4. The molecule has 5 nitrogen and oxygen atoms in total. The molecule has 7 heteroatoms. The Morgan fingerprint density at radius 3 is 2.39 bits per heavy atom. The summed E-state index contributed by atoms with van der Waals surface area (Å²) in [6, 6.07) is 17.4. The molecule has 3 N–H and O–H groups in total. The molecular weight excluding hydrogens is 413 g/mol. The number of carbonyl (C=O) groups is 2. The number of amides is 2. The summed E-state index contributed by atoms with van der Waals surface area (Å²) in [7, 11) is 0. The van der Waals surface area contributed by atoms with Crippen LogP contribution in [0.15, 0.2) is 66.0 Å². The fourth-order valence-corrected chi connectivity index (χ4v) is 4.39. The van der Waals surface area contributed by atoms with Crippen molar-refractivity contribution in [2.45, 2.75) is 31.5 Å². The number of thiophene rings is 1. The van der Waals surface area contributed by atoms with Crippen LogP contribution in [-0.4, -0.2) is 29.3 Å². The van der Waals surface area contributed by atoms with Gasteiger partial charge in [0.1, 0.15) is 5.82 Å². The van der Waals surface area contributed by atoms with Gasteiger partial charge in [-0.15, -0.1) is 11.3 Å². The van der Waals surface area contributed by atoms with Gasteiger partial charge in [0.2, 0.25) is 11.8 Å². The molecular formula is C24H24FN3O2S. The van der Waals surface area contributed by atoms with E-state index in [1.54, 1.807) is 35.6 Å². The summed E-state index contributed by atoms with van der Waals surface area (Å²) in [4.78, 5) is 27.4. The summed E-state index contributed by atoms with van der Waals surface area (Å²) < 4.78 is 13.4. The zero-order chi connectivity index (χ0) is 21.8. The molecule has 160 valence electrons. The van der Waals surface area contributed by atoms with Gasteiger partial charge in [0.15, 0.2) is 0 Å². The van der Waals surface area contributed by atoms with E-state index in [0.717, 1.165) is 28.8 Å². The Morgan fingerprint density at radius 2 is 1.81 bits per heavy atom. The number of halogens is 1. The Balaban J connectivity index is 1.45. The van der Waals surface area contributed by atoms with Crippen LogP contribution in [0.25, 0.3) is 0 Å². The number of hydrogen-bond donors (Lipinski definition) is 2. The second kappa shape index (κ2) is 9.41. The molecule has 1 fully saturated rings. The van der Waals surface area contributed by atoms with E-state index in [1.165, 1.54) is 12.1 Å². The molecule has 3 aromatic rings. The van der Waals surface area contributed by atoms with Crippen molar-refractivity contribution in [1.82, 2.24) is 10.2 Å². The Bertz CT molecular complexity index is 1030. The van der Waals surface area contributed by atoms with E-state index in [2.05, 4.69) is 10.2 Å². The second-order valence-electron chi connectivity index (χ2n) is 7.76. The molecule has 4 rings (SSSR count). The Labute approximate surface area is 184 Å². The maximum absolute atomic E-state index is 13.4. The average Bonchev–Trinajstić information content (AvgIpc) is 3.47. The minimum Gasteiger partial charge on any atom is -0.366 e. The lowest BCUT2D eigenvalue weighted by Crippen LogP contribution is -2.39. The van der Waals surface area contributed by atoms with E-state index in [1.807, 2.05) is 29.6 Å². The topological polar surface area (TPSA) is 75.4 Å². The van der Waals surface area contributed by atoms with Crippen LogP contribution in [0.2, 0.25) is 0 Å². The first kappa shape index (κ1) is 21.2. The Hall–Kier alpha value is -3.03. The lowest BCUT2D eigenvalue weighted by Gasteiger charge is -2.24. The Kier molecular flexibility index (Phi) is 6.44. The monoisotopic (exact) mass is 437 g/mol. The van der Waals surface area contributed by atoms with Crippen LogP contribution in [0.3, 0.4) is 0 Å². The highest BCUT2D eigenvalue weighted by Gasteiger charge is 2.31. The van der Waals surface area contributed by atoms with E-state index in [9.17, 15) is 14.0 Å². The molecule has 0 saturated heterocycles. The molecule has 1 aliphatic carbocycles. The highest BCUT2D eigenvalue weighted by molar-refractivity contribution is 7.10. The quantitative estimate of drug-likeness (QED) is 0.534. The molecule has 1 aliphatic rings. The predicted octanol–water partition coefficient (Wildman–Crippen LogP) is 3.86. The number of nitrogens with zero attached hydrogens (tertiary/aromatic N) is 1. The van der Waals surface area contributed by atoms with Gasteiger partial charge in [0.05, 0.1) is 12.6 Å². The van der Waals surface area contributed by atoms with E-state index < -0.39 is 5.91 Å². The highest BCUT2D eigenvalue weighted by atomic mass is 32.1. The number of rotatable bonds is 9. The summed E-state index contributed by atoms with van der Waals surface area (Å²) in [5.41, 5.74) is 7.65. The number of nitrogens with two attached hydrogens (primary N) is 1. The van der Waals surface area contributed by atoms with Crippen LogP contribution in [0.4, 0.5) is 4.39 Å². The van der Waals surface area contributed by atoms with Crippen molar-refractivity contribution in [3.05, 3.63) is 93.4 Å². The average molecular weight is 438 g/mol. The van der Waals surface area contributed by atoms with Crippen molar-refractivity contribution in [1.29, 1.82) is 0 Å². The van der Waals surface area contributed by atoms with Crippen molar-refractivity contribution >= 4 is 23.2 Å². The smallest absolute Gasteiger partial charge is 0.248 e. The zero-order valence-electron chi connectivity index (χ0n) is 17.0. The standard InChI is InChI=1S/C24H24FN3O2S/c25-19-9-7-17(8-10-19)23(21-2-1-13-31-21)27-22(29)15-28(20-11-12-20)14-16-3-5-18(6-4-16)24(26)30/h1-10,13,20,23H,11-12,14-15H2,(H2,26,30)(H,27,29). The third kappa shape index (κ3) is 5.57. The minimum atomic E-state index is -0.453. The molecule has 1 atom stereocenters. The van der Waals surface area contributed by atoms with E-state index in [0.29, 0.717) is 18.2 Å². The molecule has 0 spiro atoms. The second-order valence-corrected chi connectivity index (χ2v) is 8.74. The van der Waals surface area contributed by atoms with Crippen molar-refractivity contribution in [2.24, 2.45) is 5.73 Å². The van der Waals surface area contributed by atoms with Crippen molar-refractivity contribution in [3.8, 4) is 0 Å². The fraction of sp³-hybridized carbons (Fsp3) is 0.250. The third-order valence-electron chi connectivity index (χ3n) is 5.37. The Morgan fingerprint density at radius 1 is 1.10 bits per heavy atom. The van der Waals surface area contributed by atoms with Gasteiger partial charge in [-0.2, -0.15) is 0 Å². The lowest BCUT2D eigenvalue weighted by atomic mass is 10.1. The van der Waals surface area contributed by atoms with Crippen LogP contribution in [0.5, 0.6) is 0 Å². The summed E-state index contributed by atoms with van der Waals surface area (Å²) >= 11 is 1.56. The zero-order valence-corrected chi connectivity index (χ0v) is 17.8. The number of carbonyl (C=O) groups excluding carboxylic acids is 2. The molecule has 0 aliphatic heterocycles. The number of hydrogen-bond acceptors (Lipinski definition) is 4. The number of primary amides is 1. The van der Waals surface area contributed by atoms with Gasteiger partial charge < -0.3 is 11.1 Å². The highest BCUT2D eigenvalue weighted by Crippen LogP contribution is 2.29. The molecule has 2 aromatic carbocycles. The number of benzene rings is 2. The fourth-order valence-electron chi connectivity index (χ4n) is 3.58. The summed E-state index contributed by atoms with van der Waals surface area (Å²) in [5.74, 6) is -0.837. The predicted molar refractivity (Wildman–Crippen MR) is 119 cm³/mol. The molecule has 1 saturated carbocycles. The summed E-state index contributed by atoms with van der Waals surface area (Å²) in [6.07, 6.45) is 2.14. The lowest BCUT2D eigenvalue weighted by molar-refractivity contribution is -0.123. The van der Waals surface area contributed by atoms with Crippen LogP contribution in [0.1, 0.15) is 45.2 Å². The van der Waals surface area contributed by atoms with Gasteiger partial charge in [-0.05, 0) is 59.7 Å². The van der Waals surface area contributed by atoms with Crippen LogP contribution >= 0.6 is 11.3 Å². The minimum absolute atomic E-state index is 0.0802. The molecule has 1 heterocycles. The van der Waals surface area contributed by atoms with Crippen LogP contribution < -0.4 is 11.1 Å². The summed E-state index contributed by atoms with van der Waals surface area (Å²) in [5, 5.41) is 5.09. The largest absolute Gasteiger partial charge is 0.366 e. The SMILES string of the molecule is NC(=O)c1ccc(CN(CC(=O)NC(c2ccc(F)cc2)c2cccs2)C2CC2)cc1. The third-order valence-corrected chi connectivity index (χ3v) is 6.31. The summed E-state index contributed by atoms with van der Waals surface area (Å²) in [6.45, 7) is 0.892. The van der Waals surface area contributed by atoms with Gasteiger partial charge in [0, 0.05) is 23.0 Å². The van der Waals surface area contributed by atoms with E-state index in [-0.39, 0.29) is 24.3 Å². The van der Waals surface area contributed by atoms with Gasteiger partial charge in [-0.25, -0.2) is 4.39 Å². The van der Waals surface area contributed by atoms with Crippen LogP contribution in [-0.2, 0) is 11.3 Å². The number of nitrogens with one attached hydrogen (secondary N) is 1. The molecule has 0 bridgehead atoms. The van der Waals surface area contributed by atoms with Crippen molar-refractivity contribution in [2.75, 3.05) is 6.54 Å². The van der Waals surface area contributed by atoms with Gasteiger partial charge >= 0.3 is 0 Å². The van der Waals surface area contributed by atoms with E-state index >= 15 is 0 Å². The van der Waals surface area contributed by atoms with Crippen molar-refractivity contribution in [3.63, 3.8) is 0 Å². The van der Waals surface area contributed by atoms with Gasteiger partial charge in [-0.1, -0.05) is 30.3 Å². The first-order chi connectivity index (χ1) is 15.0. The van der Waals surface area contributed by atoms with Gasteiger partial charge in [-0.3, -0.25) is 14.5 Å². The van der Waals surface area contributed by atoms with Crippen molar-refractivity contribution < 1.29 is 14.0 Å². The molecule has 0 radical (unpaired) electrons. The first-order valence-electron chi connectivity index (χ1n) is 10.2. The van der Waals surface area contributed by atoms with E-state index in [4.69, 9.17) is 5.73 Å². The molecule has 1 aromatic heterocycles. The normalized spacial score (nSPS) is 14.4. The molecule has 2 amide bonds.